The maximum Gasteiger partial charge on any atom is 0.257 e. The first kappa shape index (κ1) is 14.5. The van der Waals surface area contributed by atoms with Gasteiger partial charge in [0, 0.05) is 16.7 Å². The zero-order chi connectivity index (χ0) is 15.4. The fraction of sp³-hybridized carbons (Fsp3) is 0.176. The molecule has 0 bridgehead atoms. The number of aromatic nitrogens is 1. The third-order valence-corrected chi connectivity index (χ3v) is 4.37. The maximum absolute atomic E-state index is 12.0. The van der Waals surface area contributed by atoms with E-state index in [1.807, 2.05) is 29.6 Å². The highest BCUT2D eigenvalue weighted by Crippen LogP contribution is 2.14. The van der Waals surface area contributed by atoms with Crippen LogP contribution in [0, 0.1) is 0 Å². The number of carbonyl (C=O) groups is 1. The second kappa shape index (κ2) is 6.58. The van der Waals surface area contributed by atoms with Gasteiger partial charge in [-0.05, 0) is 41.8 Å². The molecule has 0 saturated heterocycles. The van der Waals surface area contributed by atoms with Gasteiger partial charge in [-0.1, -0.05) is 24.3 Å². The molecule has 1 aromatic carbocycles. The number of hydrogen-bond donors (Lipinski definition) is 2. The SMILES string of the molecule is O=C(CCCc1cccs1)Nc1cc2ccccc2c(=O)[nH]1. The van der Waals surface area contributed by atoms with Gasteiger partial charge in [0.1, 0.15) is 5.82 Å². The molecule has 1 amide bonds. The number of thiophene rings is 1. The number of hydrogen-bond acceptors (Lipinski definition) is 3. The van der Waals surface area contributed by atoms with Gasteiger partial charge < -0.3 is 10.3 Å². The van der Waals surface area contributed by atoms with E-state index in [0.29, 0.717) is 17.6 Å². The van der Waals surface area contributed by atoms with E-state index in [4.69, 9.17) is 0 Å². The summed E-state index contributed by atoms with van der Waals surface area (Å²) >= 11 is 1.70. The topological polar surface area (TPSA) is 62.0 Å². The van der Waals surface area contributed by atoms with E-state index >= 15 is 0 Å². The van der Waals surface area contributed by atoms with E-state index in [-0.39, 0.29) is 11.5 Å². The number of pyridine rings is 1. The van der Waals surface area contributed by atoms with Crippen LogP contribution in [0.5, 0.6) is 0 Å². The zero-order valence-electron chi connectivity index (χ0n) is 12.0. The number of aryl methyl sites for hydroxylation is 1. The van der Waals surface area contributed by atoms with Gasteiger partial charge >= 0.3 is 0 Å². The number of aromatic amines is 1. The van der Waals surface area contributed by atoms with Crippen LogP contribution < -0.4 is 10.9 Å². The van der Waals surface area contributed by atoms with Gasteiger partial charge in [-0.15, -0.1) is 11.3 Å². The number of benzene rings is 1. The molecule has 3 rings (SSSR count). The van der Waals surface area contributed by atoms with E-state index in [1.54, 1.807) is 23.5 Å². The number of amides is 1. The second-order valence-electron chi connectivity index (χ2n) is 5.08. The van der Waals surface area contributed by atoms with Gasteiger partial charge in [-0.3, -0.25) is 9.59 Å². The summed E-state index contributed by atoms with van der Waals surface area (Å²) in [5.41, 5.74) is -0.188. The van der Waals surface area contributed by atoms with Crippen molar-refractivity contribution in [2.24, 2.45) is 0 Å². The fourth-order valence-corrected chi connectivity index (χ4v) is 3.12. The average Bonchev–Trinajstić information content (AvgIpc) is 3.00. The molecule has 0 aliphatic heterocycles. The number of nitrogens with one attached hydrogen (secondary N) is 2. The van der Waals surface area contributed by atoms with Crippen molar-refractivity contribution >= 4 is 33.8 Å². The number of H-pyrrole nitrogens is 1. The predicted octanol–water partition coefficient (Wildman–Crippen LogP) is 3.55. The van der Waals surface area contributed by atoms with Crippen LogP contribution in [0.15, 0.2) is 52.6 Å². The monoisotopic (exact) mass is 312 g/mol. The highest BCUT2D eigenvalue weighted by molar-refractivity contribution is 7.09. The molecule has 3 aromatic rings. The van der Waals surface area contributed by atoms with Crippen LogP contribution in [-0.2, 0) is 11.2 Å². The van der Waals surface area contributed by atoms with Gasteiger partial charge in [-0.25, -0.2) is 0 Å². The van der Waals surface area contributed by atoms with Gasteiger partial charge in [0.2, 0.25) is 5.91 Å². The zero-order valence-corrected chi connectivity index (χ0v) is 12.8. The summed E-state index contributed by atoms with van der Waals surface area (Å²) in [5.74, 6) is 0.368. The van der Waals surface area contributed by atoms with Crippen molar-refractivity contribution < 1.29 is 4.79 Å². The van der Waals surface area contributed by atoms with Gasteiger partial charge in [0.05, 0.1) is 0 Å². The Hall–Kier alpha value is -2.40. The number of anilines is 1. The molecule has 0 saturated carbocycles. The standard InChI is InChI=1S/C17H16N2O2S/c20-16(9-3-6-13-7-4-10-22-13)18-15-11-12-5-1-2-8-14(12)17(21)19-15/h1-2,4-5,7-8,10-11H,3,6,9H2,(H2,18,19,20,21). The summed E-state index contributed by atoms with van der Waals surface area (Å²) in [5, 5.41) is 6.24. The normalized spacial score (nSPS) is 10.7. The minimum atomic E-state index is -0.188. The van der Waals surface area contributed by atoms with E-state index in [1.165, 1.54) is 4.88 Å². The lowest BCUT2D eigenvalue weighted by Gasteiger charge is -2.06. The maximum atomic E-state index is 12.0. The van der Waals surface area contributed by atoms with Crippen LogP contribution >= 0.6 is 11.3 Å². The van der Waals surface area contributed by atoms with Crippen molar-refractivity contribution in [1.29, 1.82) is 0 Å². The molecule has 5 heteroatoms. The minimum absolute atomic E-state index is 0.0810. The Morgan fingerprint density at radius 2 is 2.05 bits per heavy atom. The van der Waals surface area contributed by atoms with Crippen molar-refractivity contribution in [2.75, 3.05) is 5.32 Å². The third-order valence-electron chi connectivity index (χ3n) is 3.43. The van der Waals surface area contributed by atoms with Crippen LogP contribution in [0.4, 0.5) is 5.82 Å². The molecule has 0 aliphatic carbocycles. The van der Waals surface area contributed by atoms with Crippen LogP contribution in [0.1, 0.15) is 17.7 Å². The number of rotatable bonds is 5. The molecule has 2 N–H and O–H groups in total. The van der Waals surface area contributed by atoms with Crippen LogP contribution in [0.2, 0.25) is 0 Å². The van der Waals surface area contributed by atoms with Crippen LogP contribution in [0.3, 0.4) is 0 Å². The fourth-order valence-electron chi connectivity index (χ4n) is 2.37. The molecule has 0 atom stereocenters. The highest BCUT2D eigenvalue weighted by atomic mass is 32.1. The van der Waals surface area contributed by atoms with Crippen molar-refractivity contribution in [3.05, 3.63) is 63.1 Å². The molecular weight excluding hydrogens is 296 g/mol. The highest BCUT2D eigenvalue weighted by Gasteiger charge is 2.06. The molecule has 112 valence electrons. The smallest absolute Gasteiger partial charge is 0.257 e. The lowest BCUT2D eigenvalue weighted by atomic mass is 10.1. The average molecular weight is 312 g/mol. The molecule has 4 nitrogen and oxygen atoms in total. The first-order chi connectivity index (χ1) is 10.7. The second-order valence-corrected chi connectivity index (χ2v) is 6.11. The summed E-state index contributed by atoms with van der Waals surface area (Å²) in [6.45, 7) is 0. The molecular formula is C17H16N2O2S. The Kier molecular flexibility index (Phi) is 4.34. The molecule has 0 fully saturated rings. The summed E-state index contributed by atoms with van der Waals surface area (Å²) in [6, 6.07) is 13.2. The molecule has 22 heavy (non-hydrogen) atoms. The lowest BCUT2D eigenvalue weighted by Crippen LogP contribution is -2.16. The van der Waals surface area contributed by atoms with Gasteiger partial charge in [0.15, 0.2) is 0 Å². The van der Waals surface area contributed by atoms with Gasteiger partial charge in [-0.2, -0.15) is 0 Å². The Balaban J connectivity index is 1.62. The molecule has 0 radical (unpaired) electrons. The first-order valence-corrected chi connectivity index (χ1v) is 8.04. The third kappa shape index (κ3) is 3.43. The summed E-state index contributed by atoms with van der Waals surface area (Å²) < 4.78 is 0. The number of fused-ring (bicyclic) bond motifs is 1. The van der Waals surface area contributed by atoms with Crippen molar-refractivity contribution in [1.82, 2.24) is 4.98 Å². The molecule has 0 spiro atoms. The Labute approximate surface area is 131 Å². The van der Waals surface area contributed by atoms with E-state index in [0.717, 1.165) is 18.2 Å². The Morgan fingerprint density at radius 3 is 2.86 bits per heavy atom. The first-order valence-electron chi connectivity index (χ1n) is 7.17. The van der Waals surface area contributed by atoms with Crippen molar-refractivity contribution in [3.8, 4) is 0 Å². The van der Waals surface area contributed by atoms with Crippen molar-refractivity contribution in [3.63, 3.8) is 0 Å². The Morgan fingerprint density at radius 1 is 1.18 bits per heavy atom. The van der Waals surface area contributed by atoms with E-state index < -0.39 is 0 Å². The largest absolute Gasteiger partial charge is 0.312 e. The van der Waals surface area contributed by atoms with E-state index in [9.17, 15) is 9.59 Å². The summed E-state index contributed by atoms with van der Waals surface area (Å²) in [4.78, 5) is 27.9. The van der Waals surface area contributed by atoms with Crippen LogP contribution in [0.25, 0.3) is 10.8 Å². The predicted molar refractivity (Wildman–Crippen MR) is 90.5 cm³/mol. The van der Waals surface area contributed by atoms with Crippen molar-refractivity contribution in [2.45, 2.75) is 19.3 Å². The van der Waals surface area contributed by atoms with E-state index in [2.05, 4.69) is 16.4 Å². The molecule has 0 aliphatic rings. The van der Waals surface area contributed by atoms with Crippen LogP contribution in [-0.4, -0.2) is 10.9 Å². The molecule has 2 heterocycles. The summed E-state index contributed by atoms with van der Waals surface area (Å²) in [7, 11) is 0. The Bertz CT molecular complexity index is 837. The molecule has 2 aromatic heterocycles. The number of carbonyl (C=O) groups excluding carboxylic acids is 1. The quantitative estimate of drug-likeness (QED) is 0.757. The lowest BCUT2D eigenvalue weighted by molar-refractivity contribution is -0.116. The minimum Gasteiger partial charge on any atom is -0.312 e. The van der Waals surface area contributed by atoms with Gasteiger partial charge in [0.25, 0.3) is 5.56 Å². The summed E-state index contributed by atoms with van der Waals surface area (Å²) in [6.07, 6.45) is 2.14. The molecule has 0 unspecified atom stereocenters.